The number of rotatable bonds is 10. The molecule has 7 heteroatoms. The summed E-state index contributed by atoms with van der Waals surface area (Å²) in [5.41, 5.74) is 0. The van der Waals surface area contributed by atoms with Crippen LogP contribution in [0.1, 0.15) is 32.1 Å². The highest BCUT2D eigenvalue weighted by Gasteiger charge is 2.19. The van der Waals surface area contributed by atoms with Gasteiger partial charge >= 0.3 is 17.9 Å². The first-order valence-electron chi connectivity index (χ1n) is 5.33. The molecule has 0 saturated carbocycles. The Hall–Kier alpha value is -1.63. The molecule has 98 valence electrons. The van der Waals surface area contributed by atoms with Gasteiger partial charge in [0.05, 0.1) is 6.42 Å². The molecule has 0 saturated heterocycles. The minimum absolute atomic E-state index is 0.0947. The van der Waals surface area contributed by atoms with Crippen molar-refractivity contribution >= 4 is 17.9 Å². The van der Waals surface area contributed by atoms with Gasteiger partial charge in [-0.25, -0.2) is 0 Å². The first-order valence-corrected chi connectivity index (χ1v) is 5.33. The number of nitrogens with one attached hydrogen (secondary N) is 1. The van der Waals surface area contributed by atoms with E-state index in [2.05, 4.69) is 5.32 Å². The molecule has 0 spiro atoms. The maximum atomic E-state index is 10.6. The van der Waals surface area contributed by atoms with E-state index in [4.69, 9.17) is 15.3 Å². The van der Waals surface area contributed by atoms with Gasteiger partial charge in [-0.05, 0) is 19.4 Å². The average molecular weight is 247 g/mol. The summed E-state index contributed by atoms with van der Waals surface area (Å²) >= 11 is 0. The number of unbranched alkanes of at least 4 members (excludes halogenated alkanes) is 2. The molecule has 0 rings (SSSR count). The number of hydrogen-bond acceptors (Lipinski definition) is 4. The van der Waals surface area contributed by atoms with Crippen LogP contribution in [0.25, 0.3) is 0 Å². The third kappa shape index (κ3) is 9.31. The maximum Gasteiger partial charge on any atom is 0.321 e. The Morgan fingerprint density at radius 3 is 2.06 bits per heavy atom. The molecule has 17 heavy (non-hydrogen) atoms. The van der Waals surface area contributed by atoms with Crippen molar-refractivity contribution in [3.05, 3.63) is 0 Å². The Balaban J connectivity index is 3.65. The van der Waals surface area contributed by atoms with Gasteiger partial charge in [0.25, 0.3) is 0 Å². The first-order chi connectivity index (χ1) is 7.93. The molecule has 0 fully saturated rings. The first kappa shape index (κ1) is 15.4. The van der Waals surface area contributed by atoms with Crippen LogP contribution in [0.15, 0.2) is 0 Å². The number of carboxylic acids is 3. The Labute approximate surface area is 98.4 Å². The second-order valence-electron chi connectivity index (χ2n) is 3.65. The van der Waals surface area contributed by atoms with Crippen LogP contribution in [0.4, 0.5) is 0 Å². The van der Waals surface area contributed by atoms with E-state index < -0.39 is 30.4 Å². The van der Waals surface area contributed by atoms with Crippen molar-refractivity contribution < 1.29 is 29.7 Å². The fraction of sp³-hybridized carbons (Fsp3) is 0.700. The van der Waals surface area contributed by atoms with Crippen LogP contribution >= 0.6 is 0 Å². The largest absolute Gasteiger partial charge is 0.481 e. The topological polar surface area (TPSA) is 124 Å². The molecule has 4 N–H and O–H groups in total. The molecule has 0 aliphatic heterocycles. The molecule has 7 nitrogen and oxygen atoms in total. The summed E-state index contributed by atoms with van der Waals surface area (Å²) in [6.45, 7) is 0.365. The van der Waals surface area contributed by atoms with E-state index in [0.29, 0.717) is 25.8 Å². The second-order valence-corrected chi connectivity index (χ2v) is 3.65. The summed E-state index contributed by atoms with van der Waals surface area (Å²) in [5.74, 6) is -3.22. The van der Waals surface area contributed by atoms with Crippen molar-refractivity contribution in [2.24, 2.45) is 0 Å². The fourth-order valence-electron chi connectivity index (χ4n) is 1.28. The Morgan fingerprint density at radius 2 is 1.59 bits per heavy atom. The van der Waals surface area contributed by atoms with E-state index >= 15 is 0 Å². The molecular formula is C10H17NO6. The van der Waals surface area contributed by atoms with Gasteiger partial charge in [0.1, 0.15) is 6.04 Å². The lowest BCUT2D eigenvalue weighted by Crippen LogP contribution is -2.39. The number of aliphatic carboxylic acids is 3. The van der Waals surface area contributed by atoms with Gasteiger partial charge in [0, 0.05) is 6.42 Å². The lowest BCUT2D eigenvalue weighted by atomic mass is 10.1. The molecule has 1 unspecified atom stereocenters. The average Bonchev–Trinajstić information content (AvgIpc) is 2.20. The van der Waals surface area contributed by atoms with Crippen molar-refractivity contribution in [3.8, 4) is 0 Å². The van der Waals surface area contributed by atoms with Crippen LogP contribution in [0.3, 0.4) is 0 Å². The Bertz CT molecular complexity index is 278. The van der Waals surface area contributed by atoms with E-state index in [0.717, 1.165) is 0 Å². The van der Waals surface area contributed by atoms with E-state index in [1.54, 1.807) is 0 Å². The zero-order chi connectivity index (χ0) is 13.3. The third-order valence-corrected chi connectivity index (χ3v) is 2.13. The highest BCUT2D eigenvalue weighted by Crippen LogP contribution is 2.00. The van der Waals surface area contributed by atoms with Crippen molar-refractivity contribution in [2.45, 2.75) is 38.1 Å². The molecule has 0 radical (unpaired) electrons. The van der Waals surface area contributed by atoms with Crippen LogP contribution < -0.4 is 5.32 Å². The quantitative estimate of drug-likeness (QED) is 0.405. The summed E-state index contributed by atoms with van der Waals surface area (Å²) in [6, 6.07) is -1.09. The summed E-state index contributed by atoms with van der Waals surface area (Å²) in [4.78, 5) is 31.2. The number of carbonyl (C=O) groups is 3. The molecule has 0 bridgehead atoms. The van der Waals surface area contributed by atoms with Crippen molar-refractivity contribution in [3.63, 3.8) is 0 Å². The molecule has 0 amide bonds. The monoisotopic (exact) mass is 247 g/mol. The minimum atomic E-state index is -1.20. The van der Waals surface area contributed by atoms with Gasteiger partial charge < -0.3 is 20.6 Å². The standard InChI is InChI=1S/C10H17NO6/c12-8(13)4-2-1-3-5-11-7(10(16)17)6-9(14)15/h7,11H,1-6H2,(H,12,13)(H,14,15)(H,16,17). The van der Waals surface area contributed by atoms with E-state index in [9.17, 15) is 14.4 Å². The molecule has 1 atom stereocenters. The van der Waals surface area contributed by atoms with Crippen molar-refractivity contribution in [1.82, 2.24) is 5.32 Å². The number of carboxylic acid groups (broad SMARTS) is 3. The predicted octanol–water partition coefficient (Wildman–Crippen LogP) is 0.149. The lowest BCUT2D eigenvalue weighted by Gasteiger charge is -2.11. The predicted molar refractivity (Wildman–Crippen MR) is 57.8 cm³/mol. The molecule has 0 aromatic rings. The van der Waals surface area contributed by atoms with E-state index in [1.165, 1.54) is 0 Å². The zero-order valence-electron chi connectivity index (χ0n) is 9.39. The summed E-state index contributed by atoms with van der Waals surface area (Å²) in [7, 11) is 0. The Morgan fingerprint density at radius 1 is 0.941 bits per heavy atom. The third-order valence-electron chi connectivity index (χ3n) is 2.13. The van der Waals surface area contributed by atoms with Crippen molar-refractivity contribution in [1.29, 1.82) is 0 Å². The van der Waals surface area contributed by atoms with Gasteiger partial charge in [-0.15, -0.1) is 0 Å². The summed E-state index contributed by atoms with van der Waals surface area (Å²) in [6.07, 6.45) is 1.45. The minimum Gasteiger partial charge on any atom is -0.481 e. The van der Waals surface area contributed by atoms with Crippen molar-refractivity contribution in [2.75, 3.05) is 6.54 Å². The van der Waals surface area contributed by atoms with Gasteiger partial charge in [-0.2, -0.15) is 0 Å². The highest BCUT2D eigenvalue weighted by molar-refractivity contribution is 5.80. The molecule has 0 aromatic carbocycles. The second kappa shape index (κ2) is 8.51. The van der Waals surface area contributed by atoms with Crippen LogP contribution in [-0.4, -0.2) is 45.8 Å². The van der Waals surface area contributed by atoms with Gasteiger partial charge in [0.15, 0.2) is 0 Å². The summed E-state index contributed by atoms with van der Waals surface area (Å²) < 4.78 is 0. The normalized spacial score (nSPS) is 12.0. The molecule has 0 heterocycles. The maximum absolute atomic E-state index is 10.6. The number of hydrogen-bond donors (Lipinski definition) is 4. The van der Waals surface area contributed by atoms with E-state index in [1.807, 2.05) is 0 Å². The van der Waals surface area contributed by atoms with E-state index in [-0.39, 0.29) is 6.42 Å². The smallest absolute Gasteiger partial charge is 0.321 e. The molecule has 0 aliphatic rings. The van der Waals surface area contributed by atoms with Crippen LogP contribution in [0.2, 0.25) is 0 Å². The molecule has 0 aliphatic carbocycles. The van der Waals surface area contributed by atoms with Gasteiger partial charge in [0.2, 0.25) is 0 Å². The van der Waals surface area contributed by atoms with Crippen LogP contribution in [0, 0.1) is 0 Å². The fourth-order valence-corrected chi connectivity index (χ4v) is 1.28. The molecule has 0 aromatic heterocycles. The van der Waals surface area contributed by atoms with Crippen LogP contribution in [0.5, 0.6) is 0 Å². The molecular weight excluding hydrogens is 230 g/mol. The SMILES string of the molecule is O=C(O)CCCCCNC(CC(=O)O)C(=O)O. The lowest BCUT2D eigenvalue weighted by molar-refractivity contribution is -0.145. The highest BCUT2D eigenvalue weighted by atomic mass is 16.4. The van der Waals surface area contributed by atoms with Gasteiger partial charge in [-0.3, -0.25) is 14.4 Å². The van der Waals surface area contributed by atoms with Gasteiger partial charge in [-0.1, -0.05) is 6.42 Å². The zero-order valence-corrected chi connectivity index (χ0v) is 9.39. The Kier molecular flexibility index (Phi) is 7.70. The van der Waals surface area contributed by atoms with Crippen LogP contribution in [-0.2, 0) is 14.4 Å². The summed E-state index contributed by atoms with van der Waals surface area (Å²) in [5, 5.41) is 28.1.